The number of carbonyl (C=O) groups is 1. The first-order chi connectivity index (χ1) is 10.2. The number of hydrogen-bond donors (Lipinski definition) is 0. The average molecular weight is 298 g/mol. The first kappa shape index (κ1) is 13.0. The Morgan fingerprint density at radius 1 is 1.38 bits per heavy atom. The van der Waals surface area contributed by atoms with E-state index in [0.717, 1.165) is 47.8 Å². The highest BCUT2D eigenvalue weighted by atomic mass is 32.1. The van der Waals surface area contributed by atoms with E-state index in [0.29, 0.717) is 5.91 Å². The molecular formula is C17H18N2OS. The molecule has 2 aliphatic rings. The fourth-order valence-corrected chi connectivity index (χ4v) is 3.78. The summed E-state index contributed by atoms with van der Waals surface area (Å²) < 4.78 is 0. The molecule has 0 bridgehead atoms. The van der Waals surface area contributed by atoms with Crippen LogP contribution >= 0.6 is 11.3 Å². The standard InChI is InChI=1S/C17H18N2OS/c1-11-18-15(10-21-11)13-5-6-16-14(9-13)7-8-19(16)17(20)12-3-2-4-12/h5-6,9-10,12H,2-4,7-8H2,1H3. The molecule has 1 aliphatic heterocycles. The van der Waals surface area contributed by atoms with Crippen LogP contribution < -0.4 is 4.90 Å². The van der Waals surface area contributed by atoms with Crippen LogP contribution in [-0.2, 0) is 11.2 Å². The van der Waals surface area contributed by atoms with E-state index < -0.39 is 0 Å². The van der Waals surface area contributed by atoms with Gasteiger partial charge in [-0.2, -0.15) is 0 Å². The Labute approximate surface area is 128 Å². The van der Waals surface area contributed by atoms with Gasteiger partial charge in [-0.3, -0.25) is 4.79 Å². The molecule has 1 aliphatic carbocycles. The van der Waals surface area contributed by atoms with Crippen LogP contribution in [0.25, 0.3) is 11.3 Å². The lowest BCUT2D eigenvalue weighted by Gasteiger charge is -2.29. The van der Waals surface area contributed by atoms with Gasteiger partial charge in [-0.1, -0.05) is 12.5 Å². The largest absolute Gasteiger partial charge is 0.312 e. The van der Waals surface area contributed by atoms with Crippen molar-refractivity contribution in [2.45, 2.75) is 32.6 Å². The summed E-state index contributed by atoms with van der Waals surface area (Å²) in [6.07, 6.45) is 4.31. The molecule has 3 nitrogen and oxygen atoms in total. The smallest absolute Gasteiger partial charge is 0.230 e. The summed E-state index contributed by atoms with van der Waals surface area (Å²) in [5.41, 5.74) is 4.61. The Hall–Kier alpha value is -1.68. The number of rotatable bonds is 2. The van der Waals surface area contributed by atoms with Gasteiger partial charge in [0.15, 0.2) is 0 Å². The number of fused-ring (bicyclic) bond motifs is 1. The Kier molecular flexibility index (Phi) is 3.07. The highest BCUT2D eigenvalue weighted by molar-refractivity contribution is 7.09. The maximum Gasteiger partial charge on any atom is 0.230 e. The minimum atomic E-state index is 0.275. The van der Waals surface area contributed by atoms with Gasteiger partial charge in [0, 0.05) is 29.1 Å². The summed E-state index contributed by atoms with van der Waals surface area (Å²) in [6, 6.07) is 6.40. The van der Waals surface area contributed by atoms with Crippen LogP contribution in [-0.4, -0.2) is 17.4 Å². The van der Waals surface area contributed by atoms with Gasteiger partial charge in [0.25, 0.3) is 0 Å². The molecule has 0 saturated heterocycles. The second-order valence-electron chi connectivity index (χ2n) is 5.96. The predicted octanol–water partition coefficient (Wildman–Crippen LogP) is 3.81. The molecule has 1 fully saturated rings. The summed E-state index contributed by atoms with van der Waals surface area (Å²) in [5, 5.41) is 3.19. The summed E-state index contributed by atoms with van der Waals surface area (Å²) in [5.74, 6) is 0.606. The van der Waals surface area contributed by atoms with Gasteiger partial charge in [0.05, 0.1) is 10.7 Å². The zero-order chi connectivity index (χ0) is 14.4. The molecule has 0 spiro atoms. The highest BCUT2D eigenvalue weighted by Gasteiger charge is 2.33. The molecule has 1 aromatic heterocycles. The zero-order valence-corrected chi connectivity index (χ0v) is 12.9. The van der Waals surface area contributed by atoms with Crippen molar-refractivity contribution >= 4 is 22.9 Å². The van der Waals surface area contributed by atoms with Gasteiger partial charge in [0.1, 0.15) is 0 Å². The van der Waals surface area contributed by atoms with Crippen molar-refractivity contribution in [2.75, 3.05) is 11.4 Å². The third kappa shape index (κ3) is 2.18. The number of thiazole rings is 1. The van der Waals surface area contributed by atoms with Crippen molar-refractivity contribution in [1.29, 1.82) is 0 Å². The lowest BCUT2D eigenvalue weighted by molar-refractivity contribution is -0.124. The average Bonchev–Trinajstić information content (AvgIpc) is 3.01. The number of nitrogens with zero attached hydrogens (tertiary/aromatic N) is 2. The van der Waals surface area contributed by atoms with Gasteiger partial charge in [0.2, 0.25) is 5.91 Å². The van der Waals surface area contributed by atoms with E-state index >= 15 is 0 Å². The lowest BCUT2D eigenvalue weighted by atomic mass is 9.84. The van der Waals surface area contributed by atoms with E-state index in [1.165, 1.54) is 12.0 Å². The van der Waals surface area contributed by atoms with Crippen molar-refractivity contribution in [1.82, 2.24) is 4.98 Å². The van der Waals surface area contributed by atoms with Crippen LogP contribution in [0.5, 0.6) is 0 Å². The molecule has 2 aromatic rings. The van der Waals surface area contributed by atoms with Crippen molar-refractivity contribution < 1.29 is 4.79 Å². The maximum atomic E-state index is 12.5. The Bertz CT molecular complexity index is 703. The number of aryl methyl sites for hydroxylation is 1. The van der Waals surface area contributed by atoms with E-state index in [4.69, 9.17) is 0 Å². The van der Waals surface area contributed by atoms with Crippen LogP contribution in [0.4, 0.5) is 5.69 Å². The quantitative estimate of drug-likeness (QED) is 0.844. The SMILES string of the molecule is Cc1nc(-c2ccc3c(c2)CCN3C(=O)C2CCC2)cs1. The van der Waals surface area contributed by atoms with E-state index in [1.54, 1.807) is 11.3 Å². The van der Waals surface area contributed by atoms with Gasteiger partial charge in [-0.05, 0) is 43.9 Å². The van der Waals surface area contributed by atoms with Crippen molar-refractivity contribution in [3.05, 3.63) is 34.2 Å². The molecule has 0 N–H and O–H groups in total. The molecule has 108 valence electrons. The van der Waals surface area contributed by atoms with Crippen LogP contribution in [0.3, 0.4) is 0 Å². The Balaban J connectivity index is 1.63. The highest BCUT2D eigenvalue weighted by Crippen LogP contribution is 2.36. The number of aromatic nitrogens is 1. The Morgan fingerprint density at radius 3 is 2.90 bits per heavy atom. The Morgan fingerprint density at radius 2 is 2.24 bits per heavy atom. The number of carbonyl (C=O) groups excluding carboxylic acids is 1. The van der Waals surface area contributed by atoms with Crippen molar-refractivity contribution in [3.8, 4) is 11.3 Å². The van der Waals surface area contributed by atoms with Crippen LogP contribution in [0.1, 0.15) is 29.8 Å². The predicted molar refractivity (Wildman–Crippen MR) is 85.7 cm³/mol. The van der Waals surface area contributed by atoms with Crippen molar-refractivity contribution in [2.24, 2.45) is 5.92 Å². The van der Waals surface area contributed by atoms with E-state index in [1.807, 2.05) is 11.8 Å². The molecule has 0 atom stereocenters. The van der Waals surface area contributed by atoms with Gasteiger partial charge >= 0.3 is 0 Å². The summed E-state index contributed by atoms with van der Waals surface area (Å²) in [7, 11) is 0. The molecule has 4 rings (SSSR count). The van der Waals surface area contributed by atoms with E-state index in [9.17, 15) is 4.79 Å². The van der Waals surface area contributed by atoms with Gasteiger partial charge in [-0.25, -0.2) is 4.98 Å². The zero-order valence-electron chi connectivity index (χ0n) is 12.1. The third-order valence-corrected chi connectivity index (χ3v) is 5.38. The summed E-state index contributed by atoms with van der Waals surface area (Å²) in [4.78, 5) is 19.0. The maximum absolute atomic E-state index is 12.5. The molecule has 1 saturated carbocycles. The molecule has 1 amide bonds. The van der Waals surface area contributed by atoms with Crippen LogP contribution in [0.2, 0.25) is 0 Å². The minimum Gasteiger partial charge on any atom is -0.312 e. The molecule has 0 unspecified atom stereocenters. The minimum absolute atomic E-state index is 0.275. The normalized spacial score (nSPS) is 17.7. The van der Waals surface area contributed by atoms with Crippen LogP contribution in [0.15, 0.2) is 23.6 Å². The molecular weight excluding hydrogens is 280 g/mol. The van der Waals surface area contributed by atoms with Crippen molar-refractivity contribution in [3.63, 3.8) is 0 Å². The monoisotopic (exact) mass is 298 g/mol. The molecule has 1 aromatic carbocycles. The number of hydrogen-bond acceptors (Lipinski definition) is 3. The fraction of sp³-hybridized carbons (Fsp3) is 0.412. The fourth-order valence-electron chi connectivity index (χ4n) is 3.16. The number of anilines is 1. The molecule has 4 heteroatoms. The van der Waals surface area contributed by atoms with E-state index in [-0.39, 0.29) is 5.92 Å². The second-order valence-corrected chi connectivity index (χ2v) is 7.03. The topological polar surface area (TPSA) is 33.2 Å². The number of benzene rings is 1. The molecule has 0 radical (unpaired) electrons. The summed E-state index contributed by atoms with van der Waals surface area (Å²) in [6.45, 7) is 2.87. The van der Waals surface area contributed by atoms with Gasteiger partial charge in [-0.15, -0.1) is 11.3 Å². The molecule has 2 heterocycles. The second kappa shape index (κ2) is 4.95. The first-order valence-corrected chi connectivity index (χ1v) is 8.47. The number of amides is 1. The van der Waals surface area contributed by atoms with E-state index in [2.05, 4.69) is 28.6 Å². The lowest BCUT2D eigenvalue weighted by Crippen LogP contribution is -2.37. The third-order valence-electron chi connectivity index (χ3n) is 4.61. The molecule has 21 heavy (non-hydrogen) atoms. The first-order valence-electron chi connectivity index (χ1n) is 7.59. The van der Waals surface area contributed by atoms with Gasteiger partial charge < -0.3 is 4.90 Å². The summed E-state index contributed by atoms with van der Waals surface area (Å²) >= 11 is 1.68. The van der Waals surface area contributed by atoms with Crippen LogP contribution in [0, 0.1) is 12.8 Å².